The van der Waals surface area contributed by atoms with E-state index in [2.05, 4.69) is 35.3 Å². The van der Waals surface area contributed by atoms with Crippen molar-refractivity contribution in [1.29, 1.82) is 0 Å². The van der Waals surface area contributed by atoms with Gasteiger partial charge in [-0.15, -0.1) is 0 Å². The molecule has 2 heterocycles. The number of hydrogen-bond acceptors (Lipinski definition) is 3. The highest BCUT2D eigenvalue weighted by Crippen LogP contribution is 2.26. The highest BCUT2D eigenvalue weighted by molar-refractivity contribution is 5.56. The summed E-state index contributed by atoms with van der Waals surface area (Å²) in [6.45, 7) is 7.13. The molecular formula is C17H26N2O. The first-order chi connectivity index (χ1) is 9.83. The van der Waals surface area contributed by atoms with Gasteiger partial charge in [-0.1, -0.05) is 18.6 Å². The fourth-order valence-electron chi connectivity index (χ4n) is 3.31. The van der Waals surface area contributed by atoms with E-state index < -0.39 is 0 Å². The van der Waals surface area contributed by atoms with Crippen molar-refractivity contribution in [2.45, 2.75) is 38.6 Å². The summed E-state index contributed by atoms with van der Waals surface area (Å²) in [4.78, 5) is 2.49. The van der Waals surface area contributed by atoms with E-state index in [-0.39, 0.29) is 0 Å². The molecule has 3 nitrogen and oxygen atoms in total. The predicted octanol–water partition coefficient (Wildman–Crippen LogP) is 2.52. The molecule has 3 heteroatoms. The van der Waals surface area contributed by atoms with Crippen LogP contribution in [0.15, 0.2) is 18.2 Å². The lowest BCUT2D eigenvalue weighted by Gasteiger charge is -2.32. The monoisotopic (exact) mass is 274 g/mol. The van der Waals surface area contributed by atoms with Crippen LogP contribution in [0.25, 0.3) is 0 Å². The van der Waals surface area contributed by atoms with E-state index in [1.165, 1.54) is 42.6 Å². The average molecular weight is 274 g/mol. The average Bonchev–Trinajstić information content (AvgIpc) is 2.51. The molecule has 1 aromatic carbocycles. The first kappa shape index (κ1) is 13.9. The van der Waals surface area contributed by atoms with Gasteiger partial charge in [0.25, 0.3) is 0 Å². The summed E-state index contributed by atoms with van der Waals surface area (Å²) < 4.78 is 5.49. The Morgan fingerprint density at radius 2 is 2.10 bits per heavy atom. The van der Waals surface area contributed by atoms with Gasteiger partial charge in [-0.05, 0) is 49.9 Å². The number of anilines is 1. The lowest BCUT2D eigenvalue weighted by atomic mass is 9.95. The number of ether oxygens (including phenoxy) is 1. The van der Waals surface area contributed by atoms with Crippen LogP contribution in [0.2, 0.25) is 0 Å². The normalized spacial score (nSPS) is 23.9. The first-order valence-electron chi connectivity index (χ1n) is 7.98. The standard InChI is InChI=1S/C17H26N2O/c1-14-5-6-15(13-16-4-2-3-7-18-16)17(12-14)19-8-10-20-11-9-19/h5-6,12,16,18H,2-4,7-11,13H2,1H3. The van der Waals surface area contributed by atoms with Crippen LogP contribution in [0.1, 0.15) is 30.4 Å². The van der Waals surface area contributed by atoms with Crippen molar-refractivity contribution in [3.63, 3.8) is 0 Å². The molecule has 0 spiro atoms. The number of benzene rings is 1. The second-order valence-corrected chi connectivity index (χ2v) is 6.08. The van der Waals surface area contributed by atoms with Gasteiger partial charge in [0.1, 0.15) is 0 Å². The molecule has 0 aromatic heterocycles. The van der Waals surface area contributed by atoms with E-state index >= 15 is 0 Å². The van der Waals surface area contributed by atoms with E-state index in [9.17, 15) is 0 Å². The van der Waals surface area contributed by atoms with Crippen LogP contribution >= 0.6 is 0 Å². The molecule has 3 rings (SSSR count). The van der Waals surface area contributed by atoms with Gasteiger partial charge in [-0.2, -0.15) is 0 Å². The third-order valence-corrected chi connectivity index (χ3v) is 4.47. The molecule has 1 aromatic rings. The zero-order valence-corrected chi connectivity index (χ0v) is 12.5. The fourth-order valence-corrected chi connectivity index (χ4v) is 3.31. The zero-order valence-electron chi connectivity index (χ0n) is 12.5. The van der Waals surface area contributed by atoms with Crippen molar-refractivity contribution < 1.29 is 4.74 Å². The maximum absolute atomic E-state index is 5.49. The number of aryl methyl sites for hydroxylation is 1. The van der Waals surface area contributed by atoms with Gasteiger partial charge in [0, 0.05) is 24.8 Å². The second-order valence-electron chi connectivity index (χ2n) is 6.08. The smallest absolute Gasteiger partial charge is 0.0642 e. The molecule has 1 N–H and O–H groups in total. The number of piperidine rings is 1. The van der Waals surface area contributed by atoms with Gasteiger partial charge in [0.2, 0.25) is 0 Å². The van der Waals surface area contributed by atoms with Gasteiger partial charge in [-0.25, -0.2) is 0 Å². The van der Waals surface area contributed by atoms with E-state index in [0.717, 1.165) is 32.7 Å². The third kappa shape index (κ3) is 3.33. The molecule has 1 atom stereocenters. The number of rotatable bonds is 3. The minimum Gasteiger partial charge on any atom is -0.378 e. The highest BCUT2D eigenvalue weighted by Gasteiger charge is 2.19. The van der Waals surface area contributed by atoms with Crippen molar-refractivity contribution in [3.8, 4) is 0 Å². The Hall–Kier alpha value is -1.06. The number of nitrogens with one attached hydrogen (secondary N) is 1. The summed E-state index contributed by atoms with van der Waals surface area (Å²) in [7, 11) is 0. The van der Waals surface area contributed by atoms with E-state index in [4.69, 9.17) is 4.74 Å². The van der Waals surface area contributed by atoms with E-state index in [1.54, 1.807) is 0 Å². The lowest BCUT2D eigenvalue weighted by Crippen LogP contribution is -2.38. The highest BCUT2D eigenvalue weighted by atomic mass is 16.5. The summed E-state index contributed by atoms with van der Waals surface area (Å²) in [6, 6.07) is 7.59. The van der Waals surface area contributed by atoms with E-state index in [1.807, 2.05) is 0 Å². The molecule has 0 amide bonds. The minimum absolute atomic E-state index is 0.659. The number of morpholine rings is 1. The molecule has 2 saturated heterocycles. The van der Waals surface area contributed by atoms with Gasteiger partial charge < -0.3 is 15.0 Å². The summed E-state index contributed by atoms with van der Waals surface area (Å²) in [5.41, 5.74) is 4.28. The van der Waals surface area contributed by atoms with Crippen molar-refractivity contribution in [3.05, 3.63) is 29.3 Å². The van der Waals surface area contributed by atoms with Gasteiger partial charge in [0.15, 0.2) is 0 Å². The van der Waals surface area contributed by atoms with Crippen LogP contribution in [0.5, 0.6) is 0 Å². The lowest BCUT2D eigenvalue weighted by molar-refractivity contribution is 0.122. The molecule has 0 radical (unpaired) electrons. The summed E-state index contributed by atoms with van der Waals surface area (Å²) in [6.07, 6.45) is 5.18. The Balaban J connectivity index is 1.77. The van der Waals surface area contributed by atoms with E-state index in [0.29, 0.717) is 6.04 Å². The summed E-state index contributed by atoms with van der Waals surface area (Å²) >= 11 is 0. The maximum atomic E-state index is 5.49. The Bertz CT molecular complexity index is 435. The second kappa shape index (κ2) is 6.59. The largest absolute Gasteiger partial charge is 0.378 e. The van der Waals surface area contributed by atoms with Crippen LogP contribution in [-0.4, -0.2) is 38.9 Å². The van der Waals surface area contributed by atoms with Crippen molar-refractivity contribution >= 4 is 5.69 Å². The van der Waals surface area contributed by atoms with Gasteiger partial charge in [-0.3, -0.25) is 0 Å². The van der Waals surface area contributed by atoms with Gasteiger partial charge >= 0.3 is 0 Å². The Labute approximate surface area is 122 Å². The topological polar surface area (TPSA) is 24.5 Å². The third-order valence-electron chi connectivity index (χ3n) is 4.47. The zero-order chi connectivity index (χ0) is 13.8. The van der Waals surface area contributed by atoms with Crippen LogP contribution in [0.3, 0.4) is 0 Å². The molecular weight excluding hydrogens is 248 g/mol. The molecule has 0 aliphatic carbocycles. The quantitative estimate of drug-likeness (QED) is 0.916. The molecule has 110 valence electrons. The minimum atomic E-state index is 0.659. The summed E-state index contributed by atoms with van der Waals surface area (Å²) in [5.74, 6) is 0. The van der Waals surface area contributed by atoms with Crippen LogP contribution in [0, 0.1) is 6.92 Å². The molecule has 1 unspecified atom stereocenters. The molecule has 2 aliphatic rings. The Kier molecular flexibility index (Phi) is 4.58. The molecule has 2 fully saturated rings. The first-order valence-corrected chi connectivity index (χ1v) is 7.98. The van der Waals surface area contributed by atoms with Crippen molar-refractivity contribution in [2.24, 2.45) is 0 Å². The molecule has 0 bridgehead atoms. The summed E-state index contributed by atoms with van der Waals surface area (Å²) in [5, 5.41) is 3.67. The molecule has 0 saturated carbocycles. The van der Waals surface area contributed by atoms with Crippen molar-refractivity contribution in [2.75, 3.05) is 37.7 Å². The van der Waals surface area contributed by atoms with Crippen molar-refractivity contribution in [1.82, 2.24) is 5.32 Å². The van der Waals surface area contributed by atoms with Crippen LogP contribution < -0.4 is 10.2 Å². The SMILES string of the molecule is Cc1ccc(CC2CCCCN2)c(N2CCOCC2)c1. The Morgan fingerprint density at radius 3 is 2.85 bits per heavy atom. The van der Waals surface area contributed by atoms with Gasteiger partial charge in [0.05, 0.1) is 13.2 Å². The predicted molar refractivity (Wildman–Crippen MR) is 83.6 cm³/mol. The Morgan fingerprint density at radius 1 is 1.25 bits per heavy atom. The number of nitrogens with zero attached hydrogens (tertiary/aromatic N) is 1. The molecule has 20 heavy (non-hydrogen) atoms. The maximum Gasteiger partial charge on any atom is 0.0642 e. The molecule has 2 aliphatic heterocycles. The number of hydrogen-bond donors (Lipinski definition) is 1. The van der Waals surface area contributed by atoms with Crippen LogP contribution in [0.4, 0.5) is 5.69 Å². The van der Waals surface area contributed by atoms with Crippen LogP contribution in [-0.2, 0) is 11.2 Å². The fraction of sp³-hybridized carbons (Fsp3) is 0.647.